The SMILES string of the molecule is Cc1ccc(C)c(OCC(=O)NNC(=O)CNC(=O)C2CC2)c1. The molecule has 3 N–H and O–H groups in total. The summed E-state index contributed by atoms with van der Waals surface area (Å²) >= 11 is 0. The Morgan fingerprint density at radius 2 is 1.83 bits per heavy atom. The van der Waals surface area contributed by atoms with E-state index in [1.807, 2.05) is 32.0 Å². The Hall–Kier alpha value is -2.57. The van der Waals surface area contributed by atoms with Crippen molar-refractivity contribution < 1.29 is 19.1 Å². The Kier molecular flexibility index (Phi) is 5.56. The van der Waals surface area contributed by atoms with Gasteiger partial charge >= 0.3 is 0 Å². The Bertz CT molecular complexity index is 611. The van der Waals surface area contributed by atoms with E-state index in [1.54, 1.807) is 0 Å². The fraction of sp³-hybridized carbons (Fsp3) is 0.438. The van der Waals surface area contributed by atoms with Crippen LogP contribution < -0.4 is 20.9 Å². The number of hydrogen-bond acceptors (Lipinski definition) is 4. The maximum atomic E-state index is 11.6. The summed E-state index contributed by atoms with van der Waals surface area (Å²) in [5, 5.41) is 2.51. The highest BCUT2D eigenvalue weighted by atomic mass is 16.5. The van der Waals surface area contributed by atoms with Crippen LogP contribution >= 0.6 is 0 Å². The van der Waals surface area contributed by atoms with Crippen molar-refractivity contribution in [1.29, 1.82) is 0 Å². The van der Waals surface area contributed by atoms with E-state index in [0.29, 0.717) is 5.75 Å². The second-order valence-corrected chi connectivity index (χ2v) is 5.65. The van der Waals surface area contributed by atoms with E-state index in [1.165, 1.54) is 0 Å². The van der Waals surface area contributed by atoms with Gasteiger partial charge in [0, 0.05) is 5.92 Å². The number of carbonyl (C=O) groups excluding carboxylic acids is 3. The Balaban J connectivity index is 1.65. The van der Waals surface area contributed by atoms with Crippen LogP contribution in [0.1, 0.15) is 24.0 Å². The van der Waals surface area contributed by atoms with Crippen molar-refractivity contribution in [2.24, 2.45) is 5.92 Å². The topological polar surface area (TPSA) is 96.5 Å². The number of aryl methyl sites for hydroxylation is 2. The van der Waals surface area contributed by atoms with Gasteiger partial charge in [-0.1, -0.05) is 12.1 Å². The second kappa shape index (κ2) is 7.62. The minimum atomic E-state index is -0.487. The zero-order valence-corrected chi connectivity index (χ0v) is 13.3. The number of nitrogens with one attached hydrogen (secondary N) is 3. The van der Waals surface area contributed by atoms with Gasteiger partial charge in [-0.05, 0) is 43.9 Å². The first-order valence-electron chi connectivity index (χ1n) is 7.51. The molecule has 1 aromatic rings. The predicted molar refractivity (Wildman–Crippen MR) is 83.4 cm³/mol. The van der Waals surface area contributed by atoms with Gasteiger partial charge in [-0.25, -0.2) is 0 Å². The summed E-state index contributed by atoms with van der Waals surface area (Å²) in [5.41, 5.74) is 6.43. The van der Waals surface area contributed by atoms with Gasteiger partial charge in [0.25, 0.3) is 11.8 Å². The molecule has 1 aliphatic rings. The minimum Gasteiger partial charge on any atom is -0.483 e. The summed E-state index contributed by atoms with van der Waals surface area (Å²) < 4.78 is 5.42. The molecule has 0 radical (unpaired) electrons. The number of hydrazine groups is 1. The van der Waals surface area contributed by atoms with E-state index in [9.17, 15) is 14.4 Å². The summed E-state index contributed by atoms with van der Waals surface area (Å²) in [5.74, 6) is -0.414. The van der Waals surface area contributed by atoms with Gasteiger partial charge in [0.2, 0.25) is 5.91 Å². The monoisotopic (exact) mass is 319 g/mol. The standard InChI is InChI=1S/C16H21N3O4/c1-10-3-4-11(2)13(7-10)23-9-15(21)19-18-14(20)8-17-16(22)12-5-6-12/h3-4,7,12H,5-6,8-9H2,1-2H3,(H,17,22)(H,18,20)(H,19,21). The van der Waals surface area contributed by atoms with Crippen LogP contribution in [0.25, 0.3) is 0 Å². The number of carbonyl (C=O) groups is 3. The van der Waals surface area contributed by atoms with Crippen molar-refractivity contribution in [3.05, 3.63) is 29.3 Å². The fourth-order valence-corrected chi connectivity index (χ4v) is 1.88. The van der Waals surface area contributed by atoms with Crippen LogP contribution in [0.4, 0.5) is 0 Å². The van der Waals surface area contributed by atoms with Crippen LogP contribution in [-0.2, 0) is 14.4 Å². The smallest absolute Gasteiger partial charge is 0.276 e. The van der Waals surface area contributed by atoms with Gasteiger partial charge in [0.15, 0.2) is 6.61 Å². The van der Waals surface area contributed by atoms with Gasteiger partial charge < -0.3 is 10.1 Å². The van der Waals surface area contributed by atoms with E-state index >= 15 is 0 Å². The lowest BCUT2D eigenvalue weighted by atomic mass is 10.1. The number of ether oxygens (including phenoxy) is 1. The summed E-state index contributed by atoms with van der Waals surface area (Å²) in [6.45, 7) is 3.45. The van der Waals surface area contributed by atoms with Gasteiger partial charge in [-0.2, -0.15) is 0 Å². The van der Waals surface area contributed by atoms with E-state index in [0.717, 1.165) is 24.0 Å². The molecule has 0 atom stereocenters. The van der Waals surface area contributed by atoms with Crippen molar-refractivity contribution in [2.45, 2.75) is 26.7 Å². The number of amides is 3. The Morgan fingerprint density at radius 3 is 2.52 bits per heavy atom. The quantitative estimate of drug-likeness (QED) is 0.659. The molecule has 1 aromatic carbocycles. The van der Waals surface area contributed by atoms with Crippen LogP contribution in [0.15, 0.2) is 18.2 Å². The molecule has 7 heteroatoms. The molecular formula is C16H21N3O4. The predicted octanol–water partition coefficient (Wildman–Crippen LogP) is 0.356. The summed E-state index contributed by atoms with van der Waals surface area (Å²) in [6.07, 6.45) is 1.75. The lowest BCUT2D eigenvalue weighted by molar-refractivity contribution is -0.130. The minimum absolute atomic E-state index is 0.0448. The lowest BCUT2D eigenvalue weighted by Crippen LogP contribution is -2.47. The molecule has 0 heterocycles. The van der Waals surface area contributed by atoms with Crippen LogP contribution in [-0.4, -0.2) is 30.9 Å². The van der Waals surface area contributed by atoms with E-state index in [2.05, 4.69) is 16.2 Å². The molecular weight excluding hydrogens is 298 g/mol. The van der Waals surface area contributed by atoms with E-state index in [-0.39, 0.29) is 25.0 Å². The van der Waals surface area contributed by atoms with Crippen LogP contribution in [0.5, 0.6) is 5.75 Å². The van der Waals surface area contributed by atoms with Gasteiger partial charge in [0.05, 0.1) is 6.54 Å². The van der Waals surface area contributed by atoms with E-state index < -0.39 is 11.8 Å². The third-order valence-electron chi connectivity index (χ3n) is 3.42. The molecule has 3 amide bonds. The van der Waals surface area contributed by atoms with Gasteiger partial charge in [-0.3, -0.25) is 25.2 Å². The van der Waals surface area contributed by atoms with Crippen LogP contribution in [0.3, 0.4) is 0 Å². The molecule has 124 valence electrons. The number of benzene rings is 1. The second-order valence-electron chi connectivity index (χ2n) is 5.65. The number of rotatable bonds is 6. The first-order chi connectivity index (χ1) is 11.0. The zero-order chi connectivity index (χ0) is 16.8. The molecule has 0 bridgehead atoms. The van der Waals surface area contributed by atoms with Crippen molar-refractivity contribution in [2.75, 3.05) is 13.2 Å². The molecule has 2 rings (SSSR count). The molecule has 1 saturated carbocycles. The van der Waals surface area contributed by atoms with Crippen molar-refractivity contribution in [3.63, 3.8) is 0 Å². The van der Waals surface area contributed by atoms with Crippen LogP contribution in [0.2, 0.25) is 0 Å². The average Bonchev–Trinajstić information content (AvgIpc) is 3.36. The lowest BCUT2D eigenvalue weighted by Gasteiger charge is -2.11. The normalized spacial score (nSPS) is 13.1. The number of hydrogen-bond donors (Lipinski definition) is 3. The maximum absolute atomic E-state index is 11.6. The highest BCUT2D eigenvalue weighted by Gasteiger charge is 2.29. The molecule has 0 spiro atoms. The summed E-state index contributed by atoms with van der Waals surface area (Å²) in [6, 6.07) is 5.71. The highest BCUT2D eigenvalue weighted by Crippen LogP contribution is 2.28. The maximum Gasteiger partial charge on any atom is 0.276 e. The van der Waals surface area contributed by atoms with Crippen molar-refractivity contribution in [3.8, 4) is 5.75 Å². The van der Waals surface area contributed by atoms with Gasteiger partial charge in [-0.15, -0.1) is 0 Å². The Labute approximate surface area is 134 Å². The molecule has 23 heavy (non-hydrogen) atoms. The Morgan fingerprint density at radius 1 is 1.13 bits per heavy atom. The molecule has 1 aliphatic carbocycles. The molecule has 1 fully saturated rings. The largest absolute Gasteiger partial charge is 0.483 e. The first-order valence-corrected chi connectivity index (χ1v) is 7.51. The molecule has 0 aromatic heterocycles. The third-order valence-corrected chi connectivity index (χ3v) is 3.42. The molecule has 7 nitrogen and oxygen atoms in total. The first kappa shape index (κ1) is 16.8. The van der Waals surface area contributed by atoms with Gasteiger partial charge in [0.1, 0.15) is 5.75 Å². The zero-order valence-electron chi connectivity index (χ0n) is 13.3. The molecule has 0 aliphatic heterocycles. The molecule has 0 unspecified atom stereocenters. The van der Waals surface area contributed by atoms with E-state index in [4.69, 9.17) is 4.74 Å². The average molecular weight is 319 g/mol. The van der Waals surface area contributed by atoms with Crippen LogP contribution in [0, 0.1) is 19.8 Å². The summed E-state index contributed by atoms with van der Waals surface area (Å²) in [7, 11) is 0. The third kappa shape index (κ3) is 5.61. The summed E-state index contributed by atoms with van der Waals surface area (Å²) in [4.78, 5) is 34.5. The van der Waals surface area contributed by atoms with Crippen molar-refractivity contribution in [1.82, 2.24) is 16.2 Å². The van der Waals surface area contributed by atoms with Crippen molar-refractivity contribution >= 4 is 17.7 Å². The fourth-order valence-electron chi connectivity index (χ4n) is 1.88. The molecule has 0 saturated heterocycles. The highest BCUT2D eigenvalue weighted by molar-refractivity contribution is 5.88.